The summed E-state index contributed by atoms with van der Waals surface area (Å²) >= 11 is 0. The van der Waals surface area contributed by atoms with Crippen LogP contribution in [0.15, 0.2) is 24.5 Å². The van der Waals surface area contributed by atoms with Gasteiger partial charge < -0.3 is 5.32 Å². The van der Waals surface area contributed by atoms with Crippen LogP contribution in [0, 0.1) is 13.8 Å². The first-order valence-electron chi connectivity index (χ1n) is 9.19. The van der Waals surface area contributed by atoms with E-state index in [1.807, 2.05) is 25.3 Å². The van der Waals surface area contributed by atoms with E-state index in [2.05, 4.69) is 22.3 Å². The van der Waals surface area contributed by atoms with Crippen LogP contribution in [0.4, 0.5) is 0 Å². The zero-order valence-corrected chi connectivity index (χ0v) is 15.2. The van der Waals surface area contributed by atoms with Gasteiger partial charge in [-0.1, -0.05) is 6.07 Å². The summed E-state index contributed by atoms with van der Waals surface area (Å²) < 4.78 is 1.74. The van der Waals surface area contributed by atoms with Crippen molar-refractivity contribution in [3.63, 3.8) is 0 Å². The SMILES string of the molecule is Cc1ccc2c(C(=O)NCCc3nc(C)c4c(n3)CCCC4)cnn2c1. The zero-order valence-electron chi connectivity index (χ0n) is 15.2. The predicted molar refractivity (Wildman–Crippen MR) is 99.4 cm³/mol. The fourth-order valence-corrected chi connectivity index (χ4v) is 3.60. The summed E-state index contributed by atoms with van der Waals surface area (Å²) in [5.74, 6) is 0.706. The van der Waals surface area contributed by atoms with E-state index in [4.69, 9.17) is 4.98 Å². The normalized spacial score (nSPS) is 13.6. The van der Waals surface area contributed by atoms with Gasteiger partial charge in [-0.2, -0.15) is 5.10 Å². The Labute approximate surface area is 152 Å². The molecule has 6 heteroatoms. The molecule has 3 aromatic rings. The van der Waals surface area contributed by atoms with Gasteiger partial charge in [-0.15, -0.1) is 0 Å². The lowest BCUT2D eigenvalue weighted by atomic mass is 9.95. The Balaban J connectivity index is 1.43. The monoisotopic (exact) mass is 349 g/mol. The van der Waals surface area contributed by atoms with Crippen molar-refractivity contribution >= 4 is 11.4 Å². The average Bonchev–Trinajstić information content (AvgIpc) is 3.05. The van der Waals surface area contributed by atoms with Crippen molar-refractivity contribution in [3.8, 4) is 0 Å². The van der Waals surface area contributed by atoms with Crippen molar-refractivity contribution in [1.82, 2.24) is 24.9 Å². The smallest absolute Gasteiger partial charge is 0.255 e. The molecular formula is C20H23N5O. The number of carbonyl (C=O) groups excluding carboxylic acids is 1. The van der Waals surface area contributed by atoms with E-state index >= 15 is 0 Å². The van der Waals surface area contributed by atoms with Gasteiger partial charge in [0.15, 0.2) is 0 Å². The largest absolute Gasteiger partial charge is 0.351 e. The molecule has 4 rings (SSSR count). The molecule has 134 valence electrons. The van der Waals surface area contributed by atoms with Crippen LogP contribution in [0.1, 0.15) is 51.5 Å². The second kappa shape index (κ2) is 6.86. The molecular weight excluding hydrogens is 326 g/mol. The maximum Gasteiger partial charge on any atom is 0.255 e. The fraction of sp³-hybridized carbons (Fsp3) is 0.400. The van der Waals surface area contributed by atoms with Crippen LogP contribution in [0.3, 0.4) is 0 Å². The van der Waals surface area contributed by atoms with Crippen LogP contribution in [-0.4, -0.2) is 32.0 Å². The number of fused-ring (bicyclic) bond motifs is 2. The quantitative estimate of drug-likeness (QED) is 0.786. The number of nitrogens with zero attached hydrogens (tertiary/aromatic N) is 4. The number of aryl methyl sites for hydroxylation is 3. The summed E-state index contributed by atoms with van der Waals surface area (Å²) in [6, 6.07) is 3.91. The standard InChI is InChI=1S/C20H23N5O/c1-13-7-8-18-16(11-22-25(18)12-13)20(26)21-10-9-19-23-14(2)15-5-3-4-6-17(15)24-19/h7-8,11-12H,3-6,9-10H2,1-2H3,(H,21,26). The third-order valence-corrected chi connectivity index (χ3v) is 4.98. The molecule has 0 aromatic carbocycles. The number of carbonyl (C=O) groups is 1. The van der Waals surface area contributed by atoms with Crippen LogP contribution in [0.5, 0.6) is 0 Å². The minimum Gasteiger partial charge on any atom is -0.351 e. The number of rotatable bonds is 4. The minimum absolute atomic E-state index is 0.112. The average molecular weight is 349 g/mol. The number of hydrogen-bond acceptors (Lipinski definition) is 4. The van der Waals surface area contributed by atoms with E-state index in [0.29, 0.717) is 18.5 Å². The Morgan fingerprint density at radius 3 is 2.92 bits per heavy atom. The summed E-state index contributed by atoms with van der Waals surface area (Å²) in [4.78, 5) is 21.8. The van der Waals surface area contributed by atoms with Crippen LogP contribution in [-0.2, 0) is 19.3 Å². The second-order valence-electron chi connectivity index (χ2n) is 6.96. The number of nitrogens with one attached hydrogen (secondary N) is 1. The van der Waals surface area contributed by atoms with E-state index < -0.39 is 0 Å². The fourth-order valence-electron chi connectivity index (χ4n) is 3.60. The first-order chi connectivity index (χ1) is 12.6. The zero-order chi connectivity index (χ0) is 18.1. The molecule has 26 heavy (non-hydrogen) atoms. The molecule has 0 radical (unpaired) electrons. The van der Waals surface area contributed by atoms with Crippen molar-refractivity contribution < 1.29 is 4.79 Å². The molecule has 1 aliphatic rings. The van der Waals surface area contributed by atoms with Gasteiger partial charge in [-0.05, 0) is 56.7 Å². The lowest BCUT2D eigenvalue weighted by Gasteiger charge is -2.17. The molecule has 0 bridgehead atoms. The summed E-state index contributed by atoms with van der Waals surface area (Å²) in [7, 11) is 0. The highest BCUT2D eigenvalue weighted by Crippen LogP contribution is 2.21. The number of amides is 1. The van der Waals surface area contributed by atoms with Gasteiger partial charge in [-0.3, -0.25) is 4.79 Å². The van der Waals surface area contributed by atoms with Crippen molar-refractivity contribution in [2.24, 2.45) is 0 Å². The van der Waals surface area contributed by atoms with Gasteiger partial charge in [0.05, 0.1) is 17.3 Å². The Morgan fingerprint density at radius 2 is 2.04 bits per heavy atom. The Morgan fingerprint density at radius 1 is 1.19 bits per heavy atom. The molecule has 1 N–H and O–H groups in total. The van der Waals surface area contributed by atoms with Gasteiger partial charge in [-0.25, -0.2) is 14.5 Å². The Hall–Kier alpha value is -2.76. The van der Waals surface area contributed by atoms with Gasteiger partial charge >= 0.3 is 0 Å². The van der Waals surface area contributed by atoms with E-state index in [1.54, 1.807) is 10.7 Å². The number of aromatic nitrogens is 4. The van der Waals surface area contributed by atoms with Crippen LogP contribution < -0.4 is 5.32 Å². The first kappa shape index (κ1) is 16.7. The van der Waals surface area contributed by atoms with Gasteiger partial charge in [0.2, 0.25) is 0 Å². The summed E-state index contributed by atoms with van der Waals surface area (Å²) in [5, 5.41) is 7.23. The van der Waals surface area contributed by atoms with Crippen molar-refractivity contribution in [3.05, 3.63) is 58.4 Å². The Bertz CT molecular complexity index is 976. The maximum absolute atomic E-state index is 12.5. The molecule has 0 atom stereocenters. The van der Waals surface area contributed by atoms with Crippen molar-refractivity contribution in [2.45, 2.75) is 46.0 Å². The van der Waals surface area contributed by atoms with Crippen molar-refractivity contribution in [2.75, 3.05) is 6.54 Å². The number of pyridine rings is 1. The highest BCUT2D eigenvalue weighted by atomic mass is 16.1. The molecule has 0 saturated carbocycles. The lowest BCUT2D eigenvalue weighted by molar-refractivity contribution is 0.0955. The second-order valence-corrected chi connectivity index (χ2v) is 6.96. The minimum atomic E-state index is -0.112. The Kier molecular flexibility index (Phi) is 4.41. The molecule has 0 aliphatic heterocycles. The van der Waals surface area contributed by atoms with Gasteiger partial charge in [0, 0.05) is 30.6 Å². The summed E-state index contributed by atoms with van der Waals surface area (Å²) in [6.45, 7) is 4.58. The summed E-state index contributed by atoms with van der Waals surface area (Å²) in [5.41, 5.74) is 6.12. The molecule has 3 heterocycles. The molecule has 1 amide bonds. The van der Waals surface area contributed by atoms with E-state index in [9.17, 15) is 4.79 Å². The predicted octanol–water partition coefficient (Wildman–Crippen LogP) is 2.59. The first-order valence-corrected chi connectivity index (χ1v) is 9.19. The third-order valence-electron chi connectivity index (χ3n) is 4.98. The lowest BCUT2D eigenvalue weighted by Crippen LogP contribution is -2.26. The van der Waals surface area contributed by atoms with Crippen LogP contribution in [0.2, 0.25) is 0 Å². The highest BCUT2D eigenvalue weighted by Gasteiger charge is 2.16. The molecule has 0 unspecified atom stereocenters. The van der Waals surface area contributed by atoms with E-state index in [-0.39, 0.29) is 5.91 Å². The van der Waals surface area contributed by atoms with Crippen LogP contribution in [0.25, 0.3) is 5.52 Å². The third kappa shape index (κ3) is 3.19. The van der Waals surface area contributed by atoms with Gasteiger partial charge in [0.1, 0.15) is 5.82 Å². The maximum atomic E-state index is 12.5. The molecule has 0 saturated heterocycles. The van der Waals surface area contributed by atoms with E-state index in [0.717, 1.165) is 35.4 Å². The molecule has 1 aliphatic carbocycles. The number of hydrogen-bond donors (Lipinski definition) is 1. The molecule has 0 fully saturated rings. The topological polar surface area (TPSA) is 72.2 Å². The van der Waals surface area contributed by atoms with Gasteiger partial charge in [0.25, 0.3) is 5.91 Å². The molecule has 0 spiro atoms. The van der Waals surface area contributed by atoms with E-state index in [1.165, 1.54) is 24.1 Å². The van der Waals surface area contributed by atoms with Crippen LogP contribution >= 0.6 is 0 Å². The molecule has 6 nitrogen and oxygen atoms in total. The molecule has 3 aromatic heterocycles. The summed E-state index contributed by atoms with van der Waals surface area (Å²) in [6.07, 6.45) is 8.73. The van der Waals surface area contributed by atoms with Crippen molar-refractivity contribution in [1.29, 1.82) is 0 Å². The highest BCUT2D eigenvalue weighted by molar-refractivity contribution is 6.00.